The molecule has 1 unspecified atom stereocenters. The largest absolute Gasteiger partial charge is 0.339 e. The molecular weight excluding hydrogens is 402 g/mol. The van der Waals surface area contributed by atoms with Crippen molar-refractivity contribution in [3.05, 3.63) is 60.2 Å². The van der Waals surface area contributed by atoms with E-state index in [1.165, 1.54) is 16.4 Å². The maximum Gasteiger partial charge on any atom is 0.253 e. The third-order valence-corrected chi connectivity index (χ3v) is 7.23. The molecule has 1 fully saturated rings. The molecule has 1 saturated heterocycles. The number of carbonyl (C=O) groups is 2. The smallest absolute Gasteiger partial charge is 0.253 e. The third kappa shape index (κ3) is 4.55. The molecule has 1 aliphatic heterocycles. The van der Waals surface area contributed by atoms with Gasteiger partial charge in [-0.1, -0.05) is 18.2 Å². The first kappa shape index (κ1) is 22.0. The standard InChI is InChI=1S/C22H27N3O4S/c1-3-24(4-2)22(27)17-12-14-18(15-13-17)23-21(26)20-11-8-16-25(20)30(28,29)19-9-6-5-7-10-19/h5-7,9-10,12-15,20H,3-4,8,11,16H2,1-2H3,(H,23,26). The minimum absolute atomic E-state index is 0.0613. The lowest BCUT2D eigenvalue weighted by molar-refractivity contribution is -0.119. The van der Waals surface area contributed by atoms with Gasteiger partial charge in [-0.2, -0.15) is 4.31 Å². The zero-order chi connectivity index (χ0) is 21.7. The topological polar surface area (TPSA) is 86.8 Å². The normalized spacial score (nSPS) is 16.9. The summed E-state index contributed by atoms with van der Waals surface area (Å²) in [6.07, 6.45) is 1.10. The molecule has 160 valence electrons. The maximum absolute atomic E-state index is 12.9. The fourth-order valence-corrected chi connectivity index (χ4v) is 5.31. The van der Waals surface area contributed by atoms with Crippen molar-refractivity contribution < 1.29 is 18.0 Å². The van der Waals surface area contributed by atoms with Crippen LogP contribution in [-0.2, 0) is 14.8 Å². The van der Waals surface area contributed by atoms with Crippen LogP contribution in [0.15, 0.2) is 59.5 Å². The first-order valence-corrected chi connectivity index (χ1v) is 11.6. The van der Waals surface area contributed by atoms with E-state index in [1.807, 2.05) is 13.8 Å². The van der Waals surface area contributed by atoms with E-state index in [2.05, 4.69) is 5.32 Å². The highest BCUT2D eigenvalue weighted by molar-refractivity contribution is 7.89. The molecular formula is C22H27N3O4S. The van der Waals surface area contributed by atoms with Gasteiger partial charge in [0.15, 0.2) is 0 Å². The molecule has 1 atom stereocenters. The van der Waals surface area contributed by atoms with Crippen molar-refractivity contribution in [2.24, 2.45) is 0 Å². The molecule has 30 heavy (non-hydrogen) atoms. The van der Waals surface area contributed by atoms with E-state index >= 15 is 0 Å². The predicted octanol–water partition coefficient (Wildman–Crippen LogP) is 2.96. The average molecular weight is 430 g/mol. The van der Waals surface area contributed by atoms with Crippen LogP contribution in [0.25, 0.3) is 0 Å². The van der Waals surface area contributed by atoms with Crippen molar-refractivity contribution in [3.8, 4) is 0 Å². The second-order valence-electron chi connectivity index (χ2n) is 7.13. The number of anilines is 1. The first-order chi connectivity index (χ1) is 14.4. The Bertz CT molecular complexity index is 987. The van der Waals surface area contributed by atoms with Crippen molar-refractivity contribution in [2.45, 2.75) is 37.6 Å². The number of nitrogens with one attached hydrogen (secondary N) is 1. The summed E-state index contributed by atoms with van der Waals surface area (Å²) in [6.45, 7) is 5.41. The third-order valence-electron chi connectivity index (χ3n) is 5.31. The van der Waals surface area contributed by atoms with E-state index in [0.717, 1.165) is 0 Å². The van der Waals surface area contributed by atoms with Gasteiger partial charge in [0.25, 0.3) is 5.91 Å². The minimum Gasteiger partial charge on any atom is -0.339 e. The number of amides is 2. The SMILES string of the molecule is CCN(CC)C(=O)c1ccc(NC(=O)C2CCCN2S(=O)(=O)c2ccccc2)cc1. The van der Waals surface area contributed by atoms with Crippen molar-refractivity contribution >= 4 is 27.5 Å². The molecule has 1 heterocycles. The van der Waals surface area contributed by atoms with Gasteiger partial charge in [0, 0.05) is 30.9 Å². The van der Waals surface area contributed by atoms with Gasteiger partial charge in [0.1, 0.15) is 6.04 Å². The van der Waals surface area contributed by atoms with E-state index in [0.29, 0.717) is 43.7 Å². The van der Waals surface area contributed by atoms with Gasteiger partial charge >= 0.3 is 0 Å². The summed E-state index contributed by atoms with van der Waals surface area (Å²) in [5, 5.41) is 2.79. The summed E-state index contributed by atoms with van der Waals surface area (Å²) < 4.78 is 27.2. The summed E-state index contributed by atoms with van der Waals surface area (Å²) in [6, 6.07) is 14.1. The molecule has 0 radical (unpaired) electrons. The predicted molar refractivity (Wildman–Crippen MR) is 116 cm³/mol. The fourth-order valence-electron chi connectivity index (χ4n) is 3.63. The van der Waals surface area contributed by atoms with Crippen LogP contribution in [0.4, 0.5) is 5.69 Å². The van der Waals surface area contributed by atoms with Gasteiger partial charge in [-0.25, -0.2) is 8.42 Å². The van der Waals surface area contributed by atoms with Crippen molar-refractivity contribution in [1.29, 1.82) is 0 Å². The Balaban J connectivity index is 1.72. The molecule has 3 rings (SSSR count). The van der Waals surface area contributed by atoms with E-state index in [9.17, 15) is 18.0 Å². The van der Waals surface area contributed by atoms with Crippen molar-refractivity contribution in [2.75, 3.05) is 25.0 Å². The lowest BCUT2D eigenvalue weighted by Gasteiger charge is -2.23. The van der Waals surface area contributed by atoms with Crippen molar-refractivity contribution in [3.63, 3.8) is 0 Å². The Hall–Kier alpha value is -2.71. The number of rotatable bonds is 7. The van der Waals surface area contributed by atoms with E-state index in [4.69, 9.17) is 0 Å². The van der Waals surface area contributed by atoms with Gasteiger partial charge in [-0.15, -0.1) is 0 Å². The first-order valence-electron chi connectivity index (χ1n) is 10.2. The monoisotopic (exact) mass is 429 g/mol. The highest BCUT2D eigenvalue weighted by Crippen LogP contribution is 2.27. The molecule has 0 aromatic heterocycles. The van der Waals surface area contributed by atoms with Crippen LogP contribution >= 0.6 is 0 Å². The molecule has 2 aromatic carbocycles. The molecule has 8 heteroatoms. The van der Waals surface area contributed by atoms with Crippen LogP contribution in [-0.4, -0.2) is 55.1 Å². The quantitative estimate of drug-likeness (QED) is 0.733. The summed E-state index contributed by atoms with van der Waals surface area (Å²) in [5.74, 6) is -0.427. The average Bonchev–Trinajstić information content (AvgIpc) is 3.27. The molecule has 0 bridgehead atoms. The zero-order valence-electron chi connectivity index (χ0n) is 17.2. The fraction of sp³-hybridized carbons (Fsp3) is 0.364. The van der Waals surface area contributed by atoms with E-state index < -0.39 is 16.1 Å². The van der Waals surface area contributed by atoms with Crippen LogP contribution in [0.1, 0.15) is 37.0 Å². The Labute approximate surface area is 177 Å². The zero-order valence-corrected chi connectivity index (χ0v) is 18.1. The van der Waals surface area contributed by atoms with Crippen LogP contribution < -0.4 is 5.32 Å². The summed E-state index contributed by atoms with van der Waals surface area (Å²) in [4.78, 5) is 27.1. The van der Waals surface area contributed by atoms with E-state index in [-0.39, 0.29) is 16.7 Å². The summed E-state index contributed by atoms with van der Waals surface area (Å²) in [5.41, 5.74) is 1.07. The van der Waals surface area contributed by atoms with Gasteiger partial charge in [-0.05, 0) is 63.1 Å². The molecule has 1 aliphatic rings. The summed E-state index contributed by atoms with van der Waals surface area (Å²) >= 11 is 0. The number of hydrogen-bond donors (Lipinski definition) is 1. The highest BCUT2D eigenvalue weighted by Gasteiger charge is 2.39. The van der Waals surface area contributed by atoms with Crippen LogP contribution in [0.5, 0.6) is 0 Å². The highest BCUT2D eigenvalue weighted by atomic mass is 32.2. The maximum atomic E-state index is 12.9. The molecule has 1 N–H and O–H groups in total. The lowest BCUT2D eigenvalue weighted by Crippen LogP contribution is -2.43. The van der Waals surface area contributed by atoms with Gasteiger partial charge in [0.05, 0.1) is 4.90 Å². The number of nitrogens with zero attached hydrogens (tertiary/aromatic N) is 2. The van der Waals surface area contributed by atoms with Crippen LogP contribution in [0, 0.1) is 0 Å². The Morgan fingerprint density at radius 2 is 1.67 bits per heavy atom. The minimum atomic E-state index is -3.74. The van der Waals surface area contributed by atoms with Gasteiger partial charge in [0.2, 0.25) is 15.9 Å². The number of carbonyl (C=O) groups excluding carboxylic acids is 2. The van der Waals surface area contributed by atoms with Gasteiger partial charge < -0.3 is 10.2 Å². The molecule has 0 saturated carbocycles. The van der Waals surface area contributed by atoms with Crippen LogP contribution in [0.3, 0.4) is 0 Å². The Morgan fingerprint density at radius 3 is 2.27 bits per heavy atom. The Kier molecular flexibility index (Phi) is 6.89. The van der Waals surface area contributed by atoms with E-state index in [1.54, 1.807) is 47.4 Å². The lowest BCUT2D eigenvalue weighted by atomic mass is 10.1. The second kappa shape index (κ2) is 9.40. The van der Waals surface area contributed by atoms with Crippen LogP contribution in [0.2, 0.25) is 0 Å². The molecule has 7 nitrogen and oxygen atoms in total. The van der Waals surface area contributed by atoms with Crippen molar-refractivity contribution in [1.82, 2.24) is 9.21 Å². The molecule has 0 spiro atoms. The van der Waals surface area contributed by atoms with Gasteiger partial charge in [-0.3, -0.25) is 9.59 Å². The summed E-state index contributed by atoms with van der Waals surface area (Å²) in [7, 11) is -3.74. The number of benzene rings is 2. The molecule has 2 amide bonds. The Morgan fingerprint density at radius 1 is 1.03 bits per heavy atom. The number of sulfonamides is 1. The number of hydrogen-bond acceptors (Lipinski definition) is 4. The molecule has 2 aromatic rings. The molecule has 0 aliphatic carbocycles. The second-order valence-corrected chi connectivity index (χ2v) is 9.02.